The van der Waals surface area contributed by atoms with Crippen LogP contribution < -0.4 is 10.2 Å². The van der Waals surface area contributed by atoms with Gasteiger partial charge in [0, 0.05) is 16.7 Å². The third kappa shape index (κ3) is 3.40. The Labute approximate surface area is 163 Å². The SMILES string of the molecule is O=C(Oc1ccc2c(=O)c(-c3ccccc3Cl)coc2c1)c1ccc(F)cc1. The van der Waals surface area contributed by atoms with Crippen LogP contribution in [0.4, 0.5) is 4.39 Å². The van der Waals surface area contributed by atoms with E-state index in [-0.39, 0.29) is 22.3 Å². The van der Waals surface area contributed by atoms with E-state index in [1.54, 1.807) is 24.3 Å². The van der Waals surface area contributed by atoms with Gasteiger partial charge in [-0.3, -0.25) is 4.79 Å². The van der Waals surface area contributed by atoms with E-state index >= 15 is 0 Å². The number of esters is 1. The van der Waals surface area contributed by atoms with Gasteiger partial charge in [-0.05, 0) is 42.5 Å². The summed E-state index contributed by atoms with van der Waals surface area (Å²) >= 11 is 6.17. The van der Waals surface area contributed by atoms with Gasteiger partial charge in [0.15, 0.2) is 0 Å². The van der Waals surface area contributed by atoms with E-state index in [0.717, 1.165) is 0 Å². The van der Waals surface area contributed by atoms with Crippen LogP contribution in [0.25, 0.3) is 22.1 Å². The van der Waals surface area contributed by atoms with Crippen LogP contribution in [0.15, 0.2) is 82.2 Å². The summed E-state index contributed by atoms with van der Waals surface area (Å²) in [6.45, 7) is 0. The van der Waals surface area contributed by atoms with Crippen molar-refractivity contribution in [3.8, 4) is 16.9 Å². The van der Waals surface area contributed by atoms with Gasteiger partial charge in [-0.15, -0.1) is 0 Å². The van der Waals surface area contributed by atoms with Gasteiger partial charge >= 0.3 is 5.97 Å². The van der Waals surface area contributed by atoms with Crippen LogP contribution in [0, 0.1) is 5.82 Å². The van der Waals surface area contributed by atoms with Crippen LogP contribution in [-0.4, -0.2) is 5.97 Å². The molecule has 0 spiro atoms. The van der Waals surface area contributed by atoms with Crippen molar-refractivity contribution in [2.24, 2.45) is 0 Å². The first-order chi connectivity index (χ1) is 13.5. The van der Waals surface area contributed by atoms with Crippen molar-refractivity contribution in [3.05, 3.63) is 99.6 Å². The molecular formula is C22H12ClFO4. The van der Waals surface area contributed by atoms with E-state index in [2.05, 4.69) is 0 Å². The second-order valence-electron chi connectivity index (χ2n) is 6.01. The zero-order valence-corrected chi connectivity index (χ0v) is 15.1. The Morgan fingerprint density at radius 2 is 1.71 bits per heavy atom. The van der Waals surface area contributed by atoms with Crippen molar-refractivity contribution in [2.75, 3.05) is 0 Å². The van der Waals surface area contributed by atoms with Gasteiger partial charge in [0.25, 0.3) is 0 Å². The van der Waals surface area contributed by atoms with E-state index in [1.165, 1.54) is 48.7 Å². The lowest BCUT2D eigenvalue weighted by molar-refractivity contribution is 0.0735. The van der Waals surface area contributed by atoms with Crippen LogP contribution >= 0.6 is 11.6 Å². The van der Waals surface area contributed by atoms with Crippen LogP contribution in [0.2, 0.25) is 5.02 Å². The highest BCUT2D eigenvalue weighted by molar-refractivity contribution is 6.33. The summed E-state index contributed by atoms with van der Waals surface area (Å²) in [6.07, 6.45) is 1.33. The highest BCUT2D eigenvalue weighted by atomic mass is 35.5. The van der Waals surface area contributed by atoms with Crippen LogP contribution in [-0.2, 0) is 0 Å². The van der Waals surface area contributed by atoms with Crippen LogP contribution in [0.5, 0.6) is 5.75 Å². The molecule has 4 nitrogen and oxygen atoms in total. The van der Waals surface area contributed by atoms with Gasteiger partial charge in [0.2, 0.25) is 5.43 Å². The average Bonchev–Trinajstić information content (AvgIpc) is 2.69. The summed E-state index contributed by atoms with van der Waals surface area (Å²) < 4.78 is 23.8. The Hall–Kier alpha value is -3.44. The Balaban J connectivity index is 1.68. The monoisotopic (exact) mass is 394 g/mol. The van der Waals surface area contributed by atoms with E-state index in [4.69, 9.17) is 20.8 Å². The van der Waals surface area contributed by atoms with Crippen molar-refractivity contribution in [2.45, 2.75) is 0 Å². The molecule has 0 atom stereocenters. The minimum absolute atomic E-state index is 0.204. The lowest BCUT2D eigenvalue weighted by atomic mass is 10.1. The van der Waals surface area contributed by atoms with Gasteiger partial charge in [0.1, 0.15) is 23.4 Å². The zero-order valence-electron chi connectivity index (χ0n) is 14.3. The number of rotatable bonds is 3. The number of hydrogen-bond acceptors (Lipinski definition) is 4. The molecule has 4 aromatic rings. The fourth-order valence-corrected chi connectivity index (χ4v) is 3.03. The van der Waals surface area contributed by atoms with Gasteiger partial charge in [-0.25, -0.2) is 9.18 Å². The molecule has 3 aromatic carbocycles. The smallest absolute Gasteiger partial charge is 0.343 e. The summed E-state index contributed by atoms with van der Waals surface area (Å²) in [7, 11) is 0. The van der Waals surface area contributed by atoms with Crippen molar-refractivity contribution in [3.63, 3.8) is 0 Å². The van der Waals surface area contributed by atoms with E-state index in [1.807, 2.05) is 0 Å². The number of carbonyl (C=O) groups excluding carboxylic acids is 1. The number of halogens is 2. The molecule has 138 valence electrons. The number of benzene rings is 3. The van der Waals surface area contributed by atoms with Crippen molar-refractivity contribution in [1.82, 2.24) is 0 Å². The molecule has 0 aliphatic rings. The first-order valence-electron chi connectivity index (χ1n) is 8.31. The first-order valence-corrected chi connectivity index (χ1v) is 8.69. The first kappa shape index (κ1) is 17.9. The summed E-state index contributed by atoms with van der Waals surface area (Å²) in [5.41, 5.74) is 1.15. The van der Waals surface area contributed by atoms with Crippen molar-refractivity contribution < 1.29 is 18.3 Å². The molecule has 0 unspecified atom stereocenters. The fraction of sp³-hybridized carbons (Fsp3) is 0. The molecule has 0 aliphatic carbocycles. The maximum atomic E-state index is 13.0. The van der Waals surface area contributed by atoms with Gasteiger partial charge in [-0.2, -0.15) is 0 Å². The van der Waals surface area contributed by atoms with E-state index < -0.39 is 11.8 Å². The predicted octanol–water partition coefficient (Wildman–Crippen LogP) is 5.47. The maximum absolute atomic E-state index is 13.0. The molecule has 0 bridgehead atoms. The molecule has 0 aliphatic heterocycles. The van der Waals surface area contributed by atoms with Crippen LogP contribution in [0.1, 0.15) is 10.4 Å². The molecule has 4 rings (SSSR count). The van der Waals surface area contributed by atoms with E-state index in [9.17, 15) is 14.0 Å². The van der Waals surface area contributed by atoms with Crippen molar-refractivity contribution in [1.29, 1.82) is 0 Å². The fourth-order valence-electron chi connectivity index (χ4n) is 2.79. The van der Waals surface area contributed by atoms with Gasteiger partial charge < -0.3 is 9.15 Å². The largest absolute Gasteiger partial charge is 0.463 e. The lowest BCUT2D eigenvalue weighted by Gasteiger charge is -2.07. The Morgan fingerprint density at radius 1 is 0.964 bits per heavy atom. The minimum Gasteiger partial charge on any atom is -0.463 e. The number of fused-ring (bicyclic) bond motifs is 1. The highest BCUT2D eigenvalue weighted by Gasteiger charge is 2.14. The third-order valence-corrected chi connectivity index (χ3v) is 4.53. The topological polar surface area (TPSA) is 56.5 Å². The molecule has 0 saturated carbocycles. The molecule has 28 heavy (non-hydrogen) atoms. The quantitative estimate of drug-likeness (QED) is 0.341. The molecular weight excluding hydrogens is 383 g/mol. The molecule has 0 saturated heterocycles. The number of carbonyl (C=O) groups is 1. The Bertz CT molecular complexity index is 1250. The van der Waals surface area contributed by atoms with Gasteiger partial charge in [-0.1, -0.05) is 29.8 Å². The molecule has 1 aromatic heterocycles. The Kier molecular flexibility index (Phi) is 4.67. The summed E-state index contributed by atoms with van der Waals surface area (Å²) in [5.74, 6) is -0.886. The predicted molar refractivity (Wildman–Crippen MR) is 104 cm³/mol. The second-order valence-corrected chi connectivity index (χ2v) is 6.42. The third-order valence-electron chi connectivity index (χ3n) is 4.20. The van der Waals surface area contributed by atoms with Gasteiger partial charge in [0.05, 0.1) is 16.5 Å². The van der Waals surface area contributed by atoms with E-state index in [0.29, 0.717) is 21.5 Å². The molecule has 0 amide bonds. The molecule has 1 heterocycles. The van der Waals surface area contributed by atoms with Crippen molar-refractivity contribution >= 4 is 28.5 Å². The maximum Gasteiger partial charge on any atom is 0.343 e. The molecule has 0 N–H and O–H groups in total. The summed E-state index contributed by atoms with van der Waals surface area (Å²) in [5, 5.41) is 0.776. The normalized spacial score (nSPS) is 10.8. The molecule has 0 fully saturated rings. The average molecular weight is 395 g/mol. The number of ether oxygens (including phenoxy) is 1. The highest BCUT2D eigenvalue weighted by Crippen LogP contribution is 2.28. The standard InChI is InChI=1S/C22H12ClFO4/c23-19-4-2-1-3-16(19)18-12-27-20-11-15(9-10-17(20)21(18)25)28-22(26)13-5-7-14(24)8-6-13/h1-12H. The molecule has 0 radical (unpaired) electrons. The molecule has 6 heteroatoms. The lowest BCUT2D eigenvalue weighted by Crippen LogP contribution is -2.09. The zero-order chi connectivity index (χ0) is 19.7. The Morgan fingerprint density at radius 3 is 2.46 bits per heavy atom. The van der Waals surface area contributed by atoms with Crippen LogP contribution in [0.3, 0.4) is 0 Å². The second kappa shape index (κ2) is 7.29. The summed E-state index contributed by atoms with van der Waals surface area (Å²) in [6, 6.07) is 16.5. The number of hydrogen-bond donors (Lipinski definition) is 0. The minimum atomic E-state index is -0.644. The summed E-state index contributed by atoms with van der Waals surface area (Å²) in [4.78, 5) is 25.0.